The Morgan fingerprint density at radius 2 is 2.15 bits per heavy atom. The number of carbonyl (C=O) groups excluding carboxylic acids is 2. The molecule has 0 unspecified atom stereocenters. The van der Waals surface area contributed by atoms with E-state index in [1.807, 2.05) is 6.92 Å². The van der Waals surface area contributed by atoms with Gasteiger partial charge in [-0.15, -0.1) is 0 Å². The fourth-order valence-electron chi connectivity index (χ4n) is 1.59. The predicted octanol–water partition coefficient (Wildman–Crippen LogP) is -0.271. The van der Waals surface area contributed by atoms with Gasteiger partial charge in [0, 0.05) is 7.05 Å². The number of hydrogen-bond donors (Lipinski definition) is 2. The van der Waals surface area contributed by atoms with Gasteiger partial charge in [0.15, 0.2) is 0 Å². The predicted molar refractivity (Wildman–Crippen MR) is 68.1 cm³/mol. The van der Waals surface area contributed by atoms with Crippen LogP contribution in [-0.2, 0) is 27.8 Å². The summed E-state index contributed by atoms with van der Waals surface area (Å²) >= 11 is 0. The molecule has 0 saturated carbocycles. The summed E-state index contributed by atoms with van der Waals surface area (Å²) in [6.07, 6.45) is 0.224. The van der Waals surface area contributed by atoms with Crippen molar-refractivity contribution in [3.63, 3.8) is 0 Å². The van der Waals surface area contributed by atoms with Crippen LogP contribution in [0.15, 0.2) is 6.07 Å². The lowest BCUT2D eigenvalue weighted by molar-refractivity contribution is -0.147. The monoisotopic (exact) mass is 283 g/mol. The normalized spacial score (nSPS) is 11.8. The molecule has 1 rings (SSSR count). The van der Waals surface area contributed by atoms with Crippen LogP contribution in [-0.4, -0.2) is 45.9 Å². The fraction of sp³-hybridized carbons (Fsp3) is 0.500. The molecule has 1 aromatic heterocycles. The highest BCUT2D eigenvalue weighted by molar-refractivity contribution is 5.96. The van der Waals surface area contributed by atoms with Crippen LogP contribution in [0.4, 0.5) is 0 Å². The summed E-state index contributed by atoms with van der Waals surface area (Å²) in [5.74, 6) is -2.62. The molecular formula is C12H17N3O5. The Hall–Kier alpha value is -2.38. The number of amides is 1. The van der Waals surface area contributed by atoms with Gasteiger partial charge < -0.3 is 15.2 Å². The molecule has 0 aliphatic rings. The molecule has 1 aromatic rings. The van der Waals surface area contributed by atoms with E-state index in [0.29, 0.717) is 6.42 Å². The first-order chi connectivity index (χ1) is 9.38. The number of hydrogen-bond acceptors (Lipinski definition) is 5. The van der Waals surface area contributed by atoms with Gasteiger partial charge in [-0.2, -0.15) is 5.10 Å². The van der Waals surface area contributed by atoms with Gasteiger partial charge in [0.1, 0.15) is 11.7 Å². The first-order valence-electron chi connectivity index (χ1n) is 6.02. The SMILES string of the molecule is CCc1cc(C(=O)N[C@@H](CC(=O)OC)C(=O)O)n(C)n1. The summed E-state index contributed by atoms with van der Waals surface area (Å²) in [6, 6.07) is 0.238. The maximum Gasteiger partial charge on any atom is 0.326 e. The maximum absolute atomic E-state index is 12.0. The van der Waals surface area contributed by atoms with Crippen LogP contribution in [0, 0.1) is 0 Å². The molecule has 0 saturated heterocycles. The van der Waals surface area contributed by atoms with Crippen molar-refractivity contribution in [1.29, 1.82) is 0 Å². The Kier molecular flexibility index (Phi) is 5.24. The number of aromatic nitrogens is 2. The number of nitrogens with one attached hydrogen (secondary N) is 1. The number of ether oxygens (including phenoxy) is 1. The van der Waals surface area contributed by atoms with Crippen molar-refractivity contribution in [3.05, 3.63) is 17.5 Å². The van der Waals surface area contributed by atoms with E-state index >= 15 is 0 Å². The molecule has 0 radical (unpaired) electrons. The van der Waals surface area contributed by atoms with Gasteiger partial charge >= 0.3 is 11.9 Å². The van der Waals surface area contributed by atoms with Crippen LogP contribution in [0.1, 0.15) is 29.5 Å². The Bertz CT molecular complexity index is 523. The van der Waals surface area contributed by atoms with E-state index in [1.54, 1.807) is 13.1 Å². The molecule has 8 nitrogen and oxygen atoms in total. The van der Waals surface area contributed by atoms with E-state index in [1.165, 1.54) is 4.68 Å². The number of aliphatic carboxylic acids is 1. The third kappa shape index (κ3) is 3.81. The van der Waals surface area contributed by atoms with Crippen LogP contribution in [0.2, 0.25) is 0 Å². The fourth-order valence-corrected chi connectivity index (χ4v) is 1.59. The molecule has 1 amide bonds. The summed E-state index contributed by atoms with van der Waals surface area (Å²) < 4.78 is 5.76. The molecule has 1 atom stereocenters. The van der Waals surface area contributed by atoms with Gasteiger partial charge in [0.2, 0.25) is 0 Å². The van der Waals surface area contributed by atoms with E-state index in [9.17, 15) is 14.4 Å². The average Bonchev–Trinajstić information content (AvgIpc) is 2.78. The van der Waals surface area contributed by atoms with Crippen molar-refractivity contribution in [2.24, 2.45) is 7.05 Å². The molecular weight excluding hydrogens is 266 g/mol. The molecule has 110 valence electrons. The number of methoxy groups -OCH3 is 1. The minimum atomic E-state index is -1.34. The molecule has 0 spiro atoms. The highest BCUT2D eigenvalue weighted by Gasteiger charge is 2.25. The number of nitrogens with zero attached hydrogens (tertiary/aromatic N) is 2. The lowest BCUT2D eigenvalue weighted by Gasteiger charge is -2.13. The van der Waals surface area contributed by atoms with Crippen LogP contribution in [0.25, 0.3) is 0 Å². The molecule has 0 aromatic carbocycles. The second kappa shape index (κ2) is 6.69. The van der Waals surface area contributed by atoms with E-state index in [-0.39, 0.29) is 5.69 Å². The maximum atomic E-state index is 12.0. The minimum Gasteiger partial charge on any atom is -0.480 e. The number of esters is 1. The summed E-state index contributed by atoms with van der Waals surface area (Å²) in [5.41, 5.74) is 0.954. The van der Waals surface area contributed by atoms with Crippen molar-refractivity contribution < 1.29 is 24.2 Å². The smallest absolute Gasteiger partial charge is 0.326 e. The molecule has 0 fully saturated rings. The first kappa shape index (κ1) is 15.7. The molecule has 2 N–H and O–H groups in total. The Balaban J connectivity index is 2.82. The van der Waals surface area contributed by atoms with Gasteiger partial charge in [0.25, 0.3) is 5.91 Å². The van der Waals surface area contributed by atoms with Crippen LogP contribution >= 0.6 is 0 Å². The van der Waals surface area contributed by atoms with Gasteiger partial charge in [-0.25, -0.2) is 4.79 Å². The zero-order chi connectivity index (χ0) is 15.3. The zero-order valence-electron chi connectivity index (χ0n) is 11.5. The molecule has 0 bridgehead atoms. The van der Waals surface area contributed by atoms with E-state index in [4.69, 9.17) is 5.11 Å². The lowest BCUT2D eigenvalue weighted by atomic mass is 10.2. The second-order valence-corrected chi connectivity index (χ2v) is 4.14. The lowest BCUT2D eigenvalue weighted by Crippen LogP contribution is -2.43. The second-order valence-electron chi connectivity index (χ2n) is 4.14. The number of aryl methyl sites for hydroxylation is 2. The number of rotatable bonds is 6. The summed E-state index contributed by atoms with van der Waals surface area (Å²) in [4.78, 5) is 34.1. The van der Waals surface area contributed by atoms with Crippen molar-refractivity contribution in [1.82, 2.24) is 15.1 Å². The molecule has 0 aliphatic carbocycles. The summed E-state index contributed by atoms with van der Waals surface area (Å²) in [6.45, 7) is 1.89. The zero-order valence-corrected chi connectivity index (χ0v) is 11.5. The minimum absolute atomic E-state index is 0.234. The summed E-state index contributed by atoms with van der Waals surface area (Å²) in [5, 5.41) is 15.4. The number of carboxylic acids is 1. The Morgan fingerprint density at radius 3 is 2.60 bits per heavy atom. The molecule has 0 aliphatic heterocycles. The van der Waals surface area contributed by atoms with Crippen LogP contribution in [0.3, 0.4) is 0 Å². The van der Waals surface area contributed by atoms with Crippen LogP contribution < -0.4 is 5.32 Å². The summed E-state index contributed by atoms with van der Waals surface area (Å²) in [7, 11) is 2.74. The topological polar surface area (TPSA) is 111 Å². The van der Waals surface area contributed by atoms with Gasteiger partial charge in [-0.1, -0.05) is 6.92 Å². The Labute approximate surface area is 115 Å². The highest BCUT2D eigenvalue weighted by Crippen LogP contribution is 2.05. The highest BCUT2D eigenvalue weighted by atomic mass is 16.5. The quantitative estimate of drug-likeness (QED) is 0.695. The Morgan fingerprint density at radius 1 is 1.50 bits per heavy atom. The molecule has 1 heterocycles. The third-order valence-electron chi connectivity index (χ3n) is 2.73. The van der Waals surface area contributed by atoms with Crippen LogP contribution in [0.5, 0.6) is 0 Å². The largest absolute Gasteiger partial charge is 0.480 e. The van der Waals surface area contributed by atoms with E-state index in [2.05, 4.69) is 15.2 Å². The number of carboxylic acid groups (broad SMARTS) is 1. The molecule has 20 heavy (non-hydrogen) atoms. The van der Waals surface area contributed by atoms with Gasteiger partial charge in [-0.05, 0) is 12.5 Å². The number of carbonyl (C=O) groups is 3. The average molecular weight is 283 g/mol. The van der Waals surface area contributed by atoms with Crippen molar-refractivity contribution in [2.75, 3.05) is 7.11 Å². The van der Waals surface area contributed by atoms with Crippen molar-refractivity contribution in [3.8, 4) is 0 Å². The standard InChI is InChI=1S/C12H17N3O5/c1-4-7-5-9(15(2)14-7)11(17)13-8(12(18)19)6-10(16)20-3/h5,8H,4,6H2,1-3H3,(H,13,17)(H,18,19)/t8-/m0/s1. The van der Waals surface area contributed by atoms with Crippen molar-refractivity contribution >= 4 is 17.8 Å². The van der Waals surface area contributed by atoms with Gasteiger partial charge in [-0.3, -0.25) is 14.3 Å². The van der Waals surface area contributed by atoms with E-state index < -0.39 is 30.3 Å². The van der Waals surface area contributed by atoms with E-state index in [0.717, 1.165) is 12.8 Å². The van der Waals surface area contributed by atoms with Crippen molar-refractivity contribution in [2.45, 2.75) is 25.8 Å². The third-order valence-corrected chi connectivity index (χ3v) is 2.73. The van der Waals surface area contributed by atoms with Gasteiger partial charge in [0.05, 0.1) is 19.2 Å². The molecule has 8 heteroatoms. The first-order valence-corrected chi connectivity index (χ1v) is 6.02.